The molecule has 0 atom stereocenters. The fourth-order valence-electron chi connectivity index (χ4n) is 2.44. The van der Waals surface area contributed by atoms with Crippen LogP contribution in [0.3, 0.4) is 0 Å². The second-order valence-corrected chi connectivity index (χ2v) is 5.79. The lowest BCUT2D eigenvalue weighted by atomic mass is 10.1. The van der Waals surface area contributed by atoms with Gasteiger partial charge in [-0.25, -0.2) is 4.79 Å². The smallest absolute Gasteiger partial charge is 0.303 e. The molecule has 0 aliphatic carbocycles. The largest absolute Gasteiger partial charge is 0.329 e. The van der Waals surface area contributed by atoms with Gasteiger partial charge in [-0.3, -0.25) is 9.69 Å². The first-order valence-electron chi connectivity index (χ1n) is 7.19. The molecule has 1 saturated heterocycles. The van der Waals surface area contributed by atoms with E-state index in [1.165, 1.54) is 0 Å². The number of amides is 3. The zero-order chi connectivity index (χ0) is 16.4. The number of imide groups is 1. The third-order valence-corrected chi connectivity index (χ3v) is 3.97. The van der Waals surface area contributed by atoms with Crippen LogP contribution in [0.2, 0.25) is 5.02 Å². The van der Waals surface area contributed by atoms with Crippen molar-refractivity contribution in [2.75, 3.05) is 0 Å². The molecule has 116 valence electrons. The Morgan fingerprint density at radius 3 is 2.65 bits per heavy atom. The summed E-state index contributed by atoms with van der Waals surface area (Å²) in [5, 5.41) is 3.15. The summed E-state index contributed by atoms with van der Waals surface area (Å²) in [5.41, 5.74) is 2.96. The Balaban J connectivity index is 1.84. The molecular weight excluding hydrogens is 312 g/mol. The third kappa shape index (κ3) is 3.27. The molecule has 3 amide bonds. The Kier molecular flexibility index (Phi) is 4.17. The van der Waals surface area contributed by atoms with Gasteiger partial charge in [0.25, 0.3) is 5.91 Å². The quantitative estimate of drug-likeness (QED) is 0.690. The van der Waals surface area contributed by atoms with Gasteiger partial charge in [0, 0.05) is 5.02 Å². The molecule has 0 bridgehead atoms. The standard InChI is InChI=1S/C18H15ClN2O2/c1-12-5-4-6-13(9-12)10-16-17(22)21(18(23)20-16)11-14-7-2-3-8-15(14)19/h2-10H,11H2,1H3,(H,20,23)/b16-10+. The number of hydrogen-bond donors (Lipinski definition) is 1. The maximum atomic E-state index is 12.5. The molecule has 1 aliphatic heterocycles. The molecule has 23 heavy (non-hydrogen) atoms. The number of hydrogen-bond acceptors (Lipinski definition) is 2. The van der Waals surface area contributed by atoms with Crippen LogP contribution in [0.1, 0.15) is 16.7 Å². The molecule has 0 spiro atoms. The van der Waals surface area contributed by atoms with Crippen molar-refractivity contribution in [1.29, 1.82) is 0 Å². The summed E-state index contributed by atoms with van der Waals surface area (Å²) in [6, 6.07) is 14.4. The molecule has 0 aromatic heterocycles. The molecule has 0 saturated carbocycles. The van der Waals surface area contributed by atoms with Crippen LogP contribution in [-0.2, 0) is 11.3 Å². The van der Waals surface area contributed by atoms with Crippen LogP contribution in [0.25, 0.3) is 6.08 Å². The number of carbonyl (C=O) groups is 2. The summed E-state index contributed by atoms with van der Waals surface area (Å²) >= 11 is 6.10. The summed E-state index contributed by atoms with van der Waals surface area (Å²) in [6.07, 6.45) is 1.68. The van der Waals surface area contributed by atoms with Crippen molar-refractivity contribution in [1.82, 2.24) is 10.2 Å². The van der Waals surface area contributed by atoms with Crippen molar-refractivity contribution in [3.63, 3.8) is 0 Å². The minimum atomic E-state index is -0.436. The lowest BCUT2D eigenvalue weighted by Crippen LogP contribution is -2.30. The molecule has 4 nitrogen and oxygen atoms in total. The minimum Gasteiger partial charge on any atom is -0.303 e. The Labute approximate surface area is 139 Å². The Morgan fingerprint density at radius 1 is 1.13 bits per heavy atom. The van der Waals surface area contributed by atoms with Crippen molar-refractivity contribution in [2.24, 2.45) is 0 Å². The Bertz CT molecular complexity index is 814. The molecule has 0 unspecified atom stereocenters. The second kappa shape index (κ2) is 6.26. The van der Waals surface area contributed by atoms with E-state index in [4.69, 9.17) is 11.6 Å². The molecular formula is C18H15ClN2O2. The molecule has 2 aromatic carbocycles. The van der Waals surface area contributed by atoms with Crippen molar-refractivity contribution in [3.8, 4) is 0 Å². The van der Waals surface area contributed by atoms with E-state index in [0.29, 0.717) is 5.02 Å². The zero-order valence-corrected chi connectivity index (χ0v) is 13.3. The molecule has 2 aromatic rings. The summed E-state index contributed by atoms with van der Waals surface area (Å²) in [7, 11) is 0. The molecule has 0 radical (unpaired) electrons. The molecule has 1 fully saturated rings. The SMILES string of the molecule is Cc1cccc(/C=C2/NC(=O)N(Cc3ccccc3Cl)C2=O)c1. The highest BCUT2D eigenvalue weighted by molar-refractivity contribution is 6.31. The normalized spacial score (nSPS) is 16.1. The highest BCUT2D eigenvalue weighted by Crippen LogP contribution is 2.21. The maximum absolute atomic E-state index is 12.5. The minimum absolute atomic E-state index is 0.148. The van der Waals surface area contributed by atoms with Gasteiger partial charge in [-0.2, -0.15) is 0 Å². The van der Waals surface area contributed by atoms with E-state index in [9.17, 15) is 9.59 Å². The van der Waals surface area contributed by atoms with Gasteiger partial charge in [0.05, 0.1) is 6.54 Å². The van der Waals surface area contributed by atoms with Crippen LogP contribution in [-0.4, -0.2) is 16.8 Å². The fraction of sp³-hybridized carbons (Fsp3) is 0.111. The van der Waals surface area contributed by atoms with E-state index in [1.807, 2.05) is 37.3 Å². The highest BCUT2D eigenvalue weighted by atomic mass is 35.5. The molecule has 1 aliphatic rings. The van der Waals surface area contributed by atoms with E-state index < -0.39 is 6.03 Å². The lowest BCUT2D eigenvalue weighted by molar-refractivity contribution is -0.123. The first-order chi connectivity index (χ1) is 11.0. The van der Waals surface area contributed by atoms with Crippen LogP contribution in [0, 0.1) is 6.92 Å². The number of halogens is 1. The molecule has 1 N–H and O–H groups in total. The topological polar surface area (TPSA) is 49.4 Å². The van der Waals surface area contributed by atoms with Crippen LogP contribution in [0.5, 0.6) is 0 Å². The van der Waals surface area contributed by atoms with Gasteiger partial charge in [-0.1, -0.05) is 59.6 Å². The average molecular weight is 327 g/mol. The van der Waals surface area contributed by atoms with Crippen LogP contribution in [0.15, 0.2) is 54.2 Å². The van der Waals surface area contributed by atoms with Gasteiger partial charge >= 0.3 is 6.03 Å². The van der Waals surface area contributed by atoms with Gasteiger partial charge < -0.3 is 5.32 Å². The van der Waals surface area contributed by atoms with Crippen LogP contribution in [0.4, 0.5) is 4.79 Å². The monoisotopic (exact) mass is 326 g/mol. The lowest BCUT2D eigenvalue weighted by Gasteiger charge is -2.12. The number of benzene rings is 2. The Morgan fingerprint density at radius 2 is 1.91 bits per heavy atom. The molecule has 1 heterocycles. The number of aryl methyl sites for hydroxylation is 1. The first-order valence-corrected chi connectivity index (χ1v) is 7.57. The van der Waals surface area contributed by atoms with E-state index in [1.54, 1.807) is 24.3 Å². The number of nitrogens with zero attached hydrogens (tertiary/aromatic N) is 1. The maximum Gasteiger partial charge on any atom is 0.329 e. The van der Waals surface area contributed by atoms with Gasteiger partial charge in [0.2, 0.25) is 0 Å². The average Bonchev–Trinajstić information content (AvgIpc) is 2.77. The van der Waals surface area contributed by atoms with E-state index in [-0.39, 0.29) is 18.1 Å². The van der Waals surface area contributed by atoms with Gasteiger partial charge in [0.15, 0.2) is 0 Å². The molecule has 3 rings (SSSR count). The highest BCUT2D eigenvalue weighted by Gasteiger charge is 2.33. The first kappa shape index (κ1) is 15.3. The van der Waals surface area contributed by atoms with Crippen LogP contribution >= 0.6 is 11.6 Å². The molecule has 5 heteroatoms. The Hall–Kier alpha value is -2.59. The summed E-state index contributed by atoms with van der Waals surface area (Å²) in [5.74, 6) is -0.351. The number of rotatable bonds is 3. The fourth-order valence-corrected chi connectivity index (χ4v) is 2.63. The number of carbonyl (C=O) groups excluding carboxylic acids is 2. The van der Waals surface area contributed by atoms with Gasteiger partial charge in [-0.05, 0) is 30.2 Å². The number of urea groups is 1. The second-order valence-electron chi connectivity index (χ2n) is 5.39. The number of nitrogens with one attached hydrogen (secondary N) is 1. The van der Waals surface area contributed by atoms with Crippen molar-refractivity contribution >= 4 is 29.6 Å². The van der Waals surface area contributed by atoms with Crippen LogP contribution < -0.4 is 5.32 Å². The van der Waals surface area contributed by atoms with Gasteiger partial charge in [0.1, 0.15) is 5.70 Å². The predicted octanol–water partition coefficient (Wildman–Crippen LogP) is 3.74. The van der Waals surface area contributed by atoms with E-state index in [2.05, 4.69) is 5.32 Å². The van der Waals surface area contributed by atoms with E-state index in [0.717, 1.165) is 21.6 Å². The van der Waals surface area contributed by atoms with Crippen molar-refractivity contribution in [3.05, 3.63) is 75.9 Å². The predicted molar refractivity (Wildman–Crippen MR) is 89.7 cm³/mol. The van der Waals surface area contributed by atoms with E-state index >= 15 is 0 Å². The zero-order valence-electron chi connectivity index (χ0n) is 12.5. The summed E-state index contributed by atoms with van der Waals surface area (Å²) in [6.45, 7) is 2.12. The van der Waals surface area contributed by atoms with Crippen molar-refractivity contribution < 1.29 is 9.59 Å². The summed E-state index contributed by atoms with van der Waals surface area (Å²) < 4.78 is 0. The van der Waals surface area contributed by atoms with Gasteiger partial charge in [-0.15, -0.1) is 0 Å². The summed E-state index contributed by atoms with van der Waals surface area (Å²) in [4.78, 5) is 25.7. The third-order valence-electron chi connectivity index (χ3n) is 3.60. The van der Waals surface area contributed by atoms with Crippen molar-refractivity contribution in [2.45, 2.75) is 13.5 Å².